The van der Waals surface area contributed by atoms with Crippen LogP contribution in [0.1, 0.15) is 37.4 Å². The van der Waals surface area contributed by atoms with E-state index in [-0.39, 0.29) is 11.9 Å². The molecule has 1 unspecified atom stereocenters. The van der Waals surface area contributed by atoms with Gasteiger partial charge in [-0.25, -0.2) is 0 Å². The molecule has 2 aromatic rings. The molecule has 1 amide bonds. The Balaban J connectivity index is 2.18. The Morgan fingerprint density at radius 2 is 1.86 bits per heavy atom. The zero-order chi connectivity index (χ0) is 21.4. The van der Waals surface area contributed by atoms with Gasteiger partial charge in [0.1, 0.15) is 5.75 Å². The predicted molar refractivity (Wildman–Crippen MR) is 117 cm³/mol. The van der Waals surface area contributed by atoms with E-state index in [4.69, 9.17) is 25.8 Å². The molecule has 29 heavy (non-hydrogen) atoms. The van der Waals surface area contributed by atoms with Gasteiger partial charge in [0.2, 0.25) is 5.91 Å². The summed E-state index contributed by atoms with van der Waals surface area (Å²) in [7, 11) is 4.95. The lowest BCUT2D eigenvalue weighted by Crippen LogP contribution is -2.28. The summed E-state index contributed by atoms with van der Waals surface area (Å²) in [5.41, 5.74) is 1.70. The van der Waals surface area contributed by atoms with Crippen molar-refractivity contribution in [2.75, 3.05) is 27.9 Å². The van der Waals surface area contributed by atoms with Crippen LogP contribution in [-0.2, 0) is 4.79 Å². The highest BCUT2D eigenvalue weighted by Crippen LogP contribution is 2.37. The third kappa shape index (κ3) is 5.67. The van der Waals surface area contributed by atoms with Gasteiger partial charge in [-0.05, 0) is 43.2 Å². The van der Waals surface area contributed by atoms with Crippen molar-refractivity contribution in [3.8, 4) is 17.2 Å². The van der Waals surface area contributed by atoms with Crippen molar-refractivity contribution in [3.63, 3.8) is 0 Å². The number of carbonyl (C=O) groups is 1. The lowest BCUT2D eigenvalue weighted by Gasteiger charge is -2.25. The normalized spacial score (nSPS) is 11.9. The Morgan fingerprint density at radius 1 is 1.17 bits per heavy atom. The maximum absolute atomic E-state index is 12.7. The van der Waals surface area contributed by atoms with Crippen LogP contribution in [-0.4, -0.2) is 38.7 Å². The van der Waals surface area contributed by atoms with E-state index < -0.39 is 0 Å². The molecule has 156 valence electrons. The Morgan fingerprint density at radius 3 is 2.52 bits per heavy atom. The molecule has 0 aliphatic rings. The molecular formula is C23H28ClNO4. The molecule has 2 aromatic carbocycles. The molecule has 0 N–H and O–H groups in total. The number of likely N-dealkylation sites (N-methyl/N-ethyl adjacent to an activating group) is 1. The van der Waals surface area contributed by atoms with Gasteiger partial charge in [0.05, 0.1) is 31.9 Å². The molecule has 0 bridgehead atoms. The van der Waals surface area contributed by atoms with Gasteiger partial charge < -0.3 is 19.1 Å². The zero-order valence-corrected chi connectivity index (χ0v) is 18.3. The first-order valence-electron chi connectivity index (χ1n) is 9.51. The molecule has 0 saturated carbocycles. The van der Waals surface area contributed by atoms with Gasteiger partial charge in [-0.15, -0.1) is 0 Å². The lowest BCUT2D eigenvalue weighted by atomic mass is 10.1. The second-order valence-corrected chi connectivity index (χ2v) is 6.99. The summed E-state index contributed by atoms with van der Waals surface area (Å²) in [6.45, 7) is 4.53. The maximum atomic E-state index is 12.7. The zero-order valence-electron chi connectivity index (χ0n) is 17.6. The van der Waals surface area contributed by atoms with Gasteiger partial charge in [0.25, 0.3) is 0 Å². The number of carbonyl (C=O) groups excluding carboxylic acids is 1. The summed E-state index contributed by atoms with van der Waals surface area (Å²) in [4.78, 5) is 14.3. The molecule has 0 spiro atoms. The van der Waals surface area contributed by atoms with Gasteiger partial charge >= 0.3 is 0 Å². The summed E-state index contributed by atoms with van der Waals surface area (Å²) >= 11 is 6.34. The molecule has 0 aliphatic heterocycles. The minimum atomic E-state index is -0.147. The summed E-state index contributed by atoms with van der Waals surface area (Å²) < 4.78 is 16.5. The highest BCUT2D eigenvalue weighted by molar-refractivity contribution is 6.32. The van der Waals surface area contributed by atoms with Crippen molar-refractivity contribution >= 4 is 23.6 Å². The van der Waals surface area contributed by atoms with E-state index in [1.807, 2.05) is 38.1 Å². The number of amides is 1. The summed E-state index contributed by atoms with van der Waals surface area (Å²) in [6, 6.07) is 11.1. The minimum absolute atomic E-state index is 0.134. The molecule has 0 saturated heterocycles. The third-order valence-corrected chi connectivity index (χ3v) is 4.92. The lowest BCUT2D eigenvalue weighted by molar-refractivity contribution is -0.126. The van der Waals surface area contributed by atoms with Crippen LogP contribution >= 0.6 is 11.6 Å². The molecule has 2 rings (SSSR count). The van der Waals surface area contributed by atoms with Crippen molar-refractivity contribution in [3.05, 3.63) is 58.6 Å². The largest absolute Gasteiger partial charge is 0.496 e. The number of hydrogen-bond acceptors (Lipinski definition) is 4. The number of ether oxygens (including phenoxy) is 3. The van der Waals surface area contributed by atoms with Gasteiger partial charge in [0, 0.05) is 18.7 Å². The van der Waals surface area contributed by atoms with E-state index in [0.29, 0.717) is 23.1 Å². The van der Waals surface area contributed by atoms with E-state index >= 15 is 0 Å². The molecule has 0 aromatic heterocycles. The average Bonchev–Trinajstić information content (AvgIpc) is 2.75. The van der Waals surface area contributed by atoms with Crippen molar-refractivity contribution in [1.82, 2.24) is 4.90 Å². The molecule has 6 heteroatoms. The first-order valence-corrected chi connectivity index (χ1v) is 9.88. The molecule has 0 radical (unpaired) electrons. The fourth-order valence-corrected chi connectivity index (χ4v) is 3.15. The smallest absolute Gasteiger partial charge is 0.246 e. The van der Waals surface area contributed by atoms with Crippen LogP contribution in [0.15, 0.2) is 42.5 Å². The number of nitrogens with zero attached hydrogens (tertiary/aromatic N) is 1. The fraction of sp³-hybridized carbons (Fsp3) is 0.348. The Labute approximate surface area is 177 Å². The highest BCUT2D eigenvalue weighted by Gasteiger charge is 2.19. The van der Waals surface area contributed by atoms with Crippen LogP contribution < -0.4 is 14.2 Å². The molecule has 1 atom stereocenters. The van der Waals surface area contributed by atoms with E-state index in [0.717, 1.165) is 23.3 Å². The number of para-hydroxylation sites is 1. The van der Waals surface area contributed by atoms with Crippen LogP contribution in [0, 0.1) is 0 Å². The van der Waals surface area contributed by atoms with Gasteiger partial charge in [-0.1, -0.05) is 36.7 Å². The van der Waals surface area contributed by atoms with E-state index in [9.17, 15) is 4.79 Å². The molecule has 0 heterocycles. The van der Waals surface area contributed by atoms with E-state index in [2.05, 4.69) is 0 Å². The quantitative estimate of drug-likeness (QED) is 0.514. The monoisotopic (exact) mass is 417 g/mol. The number of benzene rings is 2. The fourth-order valence-electron chi connectivity index (χ4n) is 2.88. The summed E-state index contributed by atoms with van der Waals surface area (Å²) in [5.74, 6) is 1.67. The predicted octanol–water partition coefficient (Wildman–Crippen LogP) is 5.38. The average molecular weight is 418 g/mol. The SMILES string of the molecule is CCCOc1c(Cl)cc(/C=C/C(=O)N(C)C(C)c2ccccc2OC)cc1OC. The number of methoxy groups -OCH3 is 2. The van der Waals surface area contributed by atoms with Gasteiger partial charge in [-0.2, -0.15) is 0 Å². The van der Waals surface area contributed by atoms with Crippen molar-refractivity contribution in [2.45, 2.75) is 26.3 Å². The maximum Gasteiger partial charge on any atom is 0.246 e. The topological polar surface area (TPSA) is 48.0 Å². The first-order chi connectivity index (χ1) is 13.9. The standard InChI is InChI=1S/C23H28ClNO4/c1-6-13-29-23-19(24)14-17(15-21(23)28-5)11-12-22(26)25(3)16(2)18-9-7-8-10-20(18)27-4/h7-12,14-16H,6,13H2,1-5H3/b12-11+. The van der Waals surface area contributed by atoms with Crippen molar-refractivity contribution in [1.29, 1.82) is 0 Å². The molecule has 0 fully saturated rings. The van der Waals surface area contributed by atoms with Crippen molar-refractivity contribution < 1.29 is 19.0 Å². The Hall–Kier alpha value is -2.66. The van der Waals surface area contributed by atoms with Crippen LogP contribution in [0.3, 0.4) is 0 Å². The minimum Gasteiger partial charge on any atom is -0.496 e. The van der Waals surface area contributed by atoms with Gasteiger partial charge in [0.15, 0.2) is 11.5 Å². The summed E-state index contributed by atoms with van der Waals surface area (Å²) in [6.07, 6.45) is 4.10. The van der Waals surface area contributed by atoms with Crippen LogP contribution in [0.4, 0.5) is 0 Å². The Bertz CT molecular complexity index is 866. The molecule has 0 aliphatic carbocycles. The van der Waals surface area contributed by atoms with E-state index in [1.54, 1.807) is 44.4 Å². The van der Waals surface area contributed by atoms with Crippen molar-refractivity contribution in [2.24, 2.45) is 0 Å². The molecule has 5 nitrogen and oxygen atoms in total. The first kappa shape index (κ1) is 22.6. The van der Waals surface area contributed by atoms with Crippen LogP contribution in [0.2, 0.25) is 5.02 Å². The highest BCUT2D eigenvalue weighted by atomic mass is 35.5. The Kier molecular flexibility index (Phi) is 8.40. The second-order valence-electron chi connectivity index (χ2n) is 6.58. The second kappa shape index (κ2) is 10.8. The summed E-state index contributed by atoms with van der Waals surface area (Å²) in [5, 5.41) is 0.445. The number of rotatable bonds is 9. The number of hydrogen-bond donors (Lipinski definition) is 0. The third-order valence-electron chi connectivity index (χ3n) is 4.64. The molecular weight excluding hydrogens is 390 g/mol. The van der Waals surface area contributed by atoms with E-state index in [1.165, 1.54) is 6.08 Å². The van der Waals surface area contributed by atoms with Crippen LogP contribution in [0.25, 0.3) is 6.08 Å². The van der Waals surface area contributed by atoms with Gasteiger partial charge in [-0.3, -0.25) is 4.79 Å². The number of halogens is 1. The van der Waals surface area contributed by atoms with Crippen LogP contribution in [0.5, 0.6) is 17.2 Å².